The van der Waals surface area contributed by atoms with E-state index in [9.17, 15) is 4.79 Å². The summed E-state index contributed by atoms with van der Waals surface area (Å²) in [6.45, 7) is 9.52. The summed E-state index contributed by atoms with van der Waals surface area (Å²) in [5.41, 5.74) is 0.721. The average Bonchev–Trinajstić information content (AvgIpc) is 1.80. The van der Waals surface area contributed by atoms with E-state index >= 15 is 0 Å². The fourth-order valence-corrected chi connectivity index (χ4v) is 0.593. The third-order valence-electron chi connectivity index (χ3n) is 1.29. The minimum Gasteiger partial charge on any atom is -0.298 e. The first-order valence-corrected chi connectivity index (χ1v) is 3.30. The van der Waals surface area contributed by atoms with Crippen molar-refractivity contribution < 1.29 is 4.79 Å². The number of aldehydes is 1. The van der Waals surface area contributed by atoms with E-state index in [1.807, 2.05) is 20.8 Å². The van der Waals surface area contributed by atoms with Gasteiger partial charge in [0.2, 0.25) is 0 Å². The van der Waals surface area contributed by atoms with Gasteiger partial charge in [-0.25, -0.2) is 0 Å². The zero-order chi connectivity index (χ0) is 8.20. The normalized spacial score (nSPS) is 12.9. The van der Waals surface area contributed by atoms with Gasteiger partial charge < -0.3 is 0 Å². The molecule has 0 bridgehead atoms. The molecule has 0 aromatic rings. The molecule has 0 unspecified atom stereocenters. The second-order valence-electron chi connectivity index (χ2n) is 3.23. The third kappa shape index (κ3) is 2.62. The Bertz CT molecular complexity index is 158. The summed E-state index contributed by atoms with van der Waals surface area (Å²) in [5.74, 6) is 0. The van der Waals surface area contributed by atoms with E-state index in [2.05, 4.69) is 6.58 Å². The molecule has 0 amide bonds. The Hall–Kier alpha value is -0.850. The summed E-state index contributed by atoms with van der Waals surface area (Å²) in [6.07, 6.45) is 4.25. The highest BCUT2D eigenvalue weighted by molar-refractivity contribution is 5.75. The van der Waals surface area contributed by atoms with E-state index < -0.39 is 0 Å². The summed E-state index contributed by atoms with van der Waals surface area (Å²) in [5, 5.41) is 0. The van der Waals surface area contributed by atoms with Gasteiger partial charge in [0.15, 0.2) is 0 Å². The molecule has 56 valence electrons. The summed E-state index contributed by atoms with van der Waals surface area (Å²) in [7, 11) is 0. The Labute approximate surface area is 62.4 Å². The quantitative estimate of drug-likeness (QED) is 0.325. The van der Waals surface area contributed by atoms with Gasteiger partial charge in [-0.15, -0.1) is 0 Å². The van der Waals surface area contributed by atoms with Gasteiger partial charge >= 0.3 is 0 Å². The van der Waals surface area contributed by atoms with E-state index in [-0.39, 0.29) is 5.41 Å². The lowest BCUT2D eigenvalue weighted by Gasteiger charge is -2.17. The molecule has 0 aliphatic carbocycles. The monoisotopic (exact) mass is 138 g/mol. The van der Waals surface area contributed by atoms with Crippen LogP contribution in [0.5, 0.6) is 0 Å². The highest BCUT2D eigenvalue weighted by atomic mass is 16.1. The molecule has 0 N–H and O–H groups in total. The zero-order valence-corrected chi connectivity index (χ0v) is 6.85. The number of hydrogen-bond donors (Lipinski definition) is 0. The maximum absolute atomic E-state index is 10.4. The second-order valence-corrected chi connectivity index (χ2v) is 3.23. The lowest BCUT2D eigenvalue weighted by molar-refractivity contribution is -0.105. The molecule has 0 saturated carbocycles. The van der Waals surface area contributed by atoms with E-state index in [0.29, 0.717) is 0 Å². The first-order chi connectivity index (χ1) is 4.52. The van der Waals surface area contributed by atoms with Crippen LogP contribution < -0.4 is 0 Å². The fourth-order valence-electron chi connectivity index (χ4n) is 0.593. The molecule has 0 saturated heterocycles. The van der Waals surface area contributed by atoms with Crippen molar-refractivity contribution >= 4 is 6.29 Å². The summed E-state index contributed by atoms with van der Waals surface area (Å²) in [4.78, 5) is 10.4. The zero-order valence-electron chi connectivity index (χ0n) is 6.85. The maximum Gasteiger partial charge on any atom is 0.146 e. The lowest BCUT2D eigenvalue weighted by Crippen LogP contribution is -2.09. The van der Waals surface area contributed by atoms with Crippen LogP contribution >= 0.6 is 0 Å². The van der Waals surface area contributed by atoms with Gasteiger partial charge in [0, 0.05) is 0 Å². The van der Waals surface area contributed by atoms with Crippen LogP contribution in [0.1, 0.15) is 20.8 Å². The lowest BCUT2D eigenvalue weighted by atomic mass is 9.87. The molecule has 0 atom stereocenters. The van der Waals surface area contributed by atoms with Crippen molar-refractivity contribution in [2.45, 2.75) is 20.8 Å². The highest BCUT2D eigenvalue weighted by Gasteiger charge is 2.14. The molecule has 0 heterocycles. The van der Waals surface area contributed by atoms with E-state index in [1.54, 1.807) is 12.2 Å². The van der Waals surface area contributed by atoms with Crippen LogP contribution in [-0.4, -0.2) is 6.29 Å². The van der Waals surface area contributed by atoms with E-state index in [0.717, 1.165) is 11.9 Å². The first-order valence-electron chi connectivity index (χ1n) is 3.30. The molecule has 1 heteroatoms. The molecule has 10 heavy (non-hydrogen) atoms. The standard InChI is InChI=1S/C9H14O/c1-5-6-8(7-10)9(2,3)4/h5-7H,1H2,2-4H3/b8-6+. The molecule has 0 fully saturated rings. The van der Waals surface area contributed by atoms with Crippen LogP contribution in [-0.2, 0) is 4.79 Å². The molecule has 0 aromatic heterocycles. The molecule has 0 rings (SSSR count). The predicted octanol–water partition coefficient (Wildman–Crippen LogP) is 2.34. The highest BCUT2D eigenvalue weighted by Crippen LogP contribution is 2.22. The number of rotatable bonds is 2. The van der Waals surface area contributed by atoms with Crippen molar-refractivity contribution in [1.82, 2.24) is 0 Å². The largest absolute Gasteiger partial charge is 0.298 e. The van der Waals surface area contributed by atoms with Crippen molar-refractivity contribution in [3.05, 3.63) is 24.3 Å². The minimum atomic E-state index is -0.0596. The van der Waals surface area contributed by atoms with Gasteiger partial charge in [0.05, 0.1) is 0 Å². The van der Waals surface area contributed by atoms with Crippen molar-refractivity contribution in [1.29, 1.82) is 0 Å². The van der Waals surface area contributed by atoms with Crippen LogP contribution in [0, 0.1) is 5.41 Å². The SMILES string of the molecule is C=C/C=C(\C=O)C(C)(C)C. The Kier molecular flexibility index (Phi) is 3.07. The Morgan fingerprint density at radius 2 is 1.90 bits per heavy atom. The van der Waals surface area contributed by atoms with Gasteiger partial charge in [-0.2, -0.15) is 0 Å². The fraction of sp³-hybridized carbons (Fsp3) is 0.444. The van der Waals surface area contributed by atoms with Crippen molar-refractivity contribution in [2.24, 2.45) is 5.41 Å². The van der Waals surface area contributed by atoms with Crippen molar-refractivity contribution in [3.63, 3.8) is 0 Å². The third-order valence-corrected chi connectivity index (χ3v) is 1.29. The van der Waals surface area contributed by atoms with Crippen LogP contribution in [0.3, 0.4) is 0 Å². The Balaban J connectivity index is 4.51. The van der Waals surface area contributed by atoms with Crippen LogP contribution in [0.15, 0.2) is 24.3 Å². The maximum atomic E-state index is 10.4. The molecular weight excluding hydrogens is 124 g/mol. The second kappa shape index (κ2) is 3.35. The van der Waals surface area contributed by atoms with Crippen LogP contribution in [0.4, 0.5) is 0 Å². The van der Waals surface area contributed by atoms with Gasteiger partial charge in [-0.1, -0.05) is 39.5 Å². The van der Waals surface area contributed by atoms with Crippen LogP contribution in [0.25, 0.3) is 0 Å². The molecular formula is C9H14O. The number of hydrogen-bond acceptors (Lipinski definition) is 1. The number of allylic oxidation sites excluding steroid dienone is 3. The molecule has 0 spiro atoms. The summed E-state index contributed by atoms with van der Waals surface area (Å²) < 4.78 is 0. The van der Waals surface area contributed by atoms with Gasteiger partial charge in [-0.05, 0) is 11.0 Å². The first kappa shape index (κ1) is 9.15. The molecule has 0 aliphatic heterocycles. The predicted molar refractivity (Wildman–Crippen MR) is 43.8 cm³/mol. The number of carbonyl (C=O) groups is 1. The van der Waals surface area contributed by atoms with Crippen LogP contribution in [0.2, 0.25) is 0 Å². The Morgan fingerprint density at radius 3 is 2.00 bits per heavy atom. The molecule has 0 aromatic carbocycles. The van der Waals surface area contributed by atoms with Gasteiger partial charge in [0.1, 0.15) is 6.29 Å². The molecule has 0 aliphatic rings. The topological polar surface area (TPSA) is 17.1 Å². The summed E-state index contributed by atoms with van der Waals surface area (Å²) in [6, 6.07) is 0. The van der Waals surface area contributed by atoms with Gasteiger partial charge in [0.25, 0.3) is 0 Å². The van der Waals surface area contributed by atoms with Crippen molar-refractivity contribution in [2.75, 3.05) is 0 Å². The van der Waals surface area contributed by atoms with Gasteiger partial charge in [-0.3, -0.25) is 4.79 Å². The van der Waals surface area contributed by atoms with Crippen molar-refractivity contribution in [3.8, 4) is 0 Å². The average molecular weight is 138 g/mol. The molecule has 0 radical (unpaired) electrons. The summed E-state index contributed by atoms with van der Waals surface area (Å²) >= 11 is 0. The number of carbonyl (C=O) groups excluding carboxylic acids is 1. The van der Waals surface area contributed by atoms with E-state index in [4.69, 9.17) is 0 Å². The molecule has 1 nitrogen and oxygen atoms in total. The Morgan fingerprint density at radius 1 is 1.40 bits per heavy atom. The smallest absolute Gasteiger partial charge is 0.146 e. The minimum absolute atomic E-state index is 0.0596. The van der Waals surface area contributed by atoms with E-state index in [1.165, 1.54) is 0 Å².